The average Bonchev–Trinajstić information content (AvgIpc) is 2.98. The van der Waals surface area contributed by atoms with Gasteiger partial charge in [0.05, 0.1) is 0 Å². The third-order valence-electron chi connectivity index (χ3n) is 3.26. The second kappa shape index (κ2) is 8.95. The Balaban J connectivity index is 0.00000180. The SMILES string of the molecule is Cl.O=C(CCc1cc(Br)cs1)NCCC1CCNC1. The van der Waals surface area contributed by atoms with Crippen LogP contribution < -0.4 is 10.6 Å². The van der Waals surface area contributed by atoms with Crippen LogP contribution in [0, 0.1) is 5.92 Å². The topological polar surface area (TPSA) is 41.1 Å². The van der Waals surface area contributed by atoms with E-state index in [2.05, 4.69) is 38.0 Å². The first-order valence-electron chi connectivity index (χ1n) is 6.44. The van der Waals surface area contributed by atoms with Crippen LogP contribution in [-0.4, -0.2) is 25.5 Å². The zero-order valence-corrected chi connectivity index (χ0v) is 14.0. The molecule has 1 aromatic rings. The van der Waals surface area contributed by atoms with Crippen LogP contribution >= 0.6 is 39.7 Å². The summed E-state index contributed by atoms with van der Waals surface area (Å²) in [5.74, 6) is 0.920. The van der Waals surface area contributed by atoms with Gasteiger partial charge in [-0.05, 0) is 60.3 Å². The largest absolute Gasteiger partial charge is 0.356 e. The first kappa shape index (κ1) is 17.0. The number of aryl methyl sites for hydroxylation is 1. The van der Waals surface area contributed by atoms with Gasteiger partial charge in [-0.1, -0.05) is 0 Å². The van der Waals surface area contributed by atoms with E-state index in [0.717, 1.165) is 42.9 Å². The van der Waals surface area contributed by atoms with E-state index in [1.807, 2.05) is 0 Å². The molecule has 1 unspecified atom stereocenters. The maximum atomic E-state index is 11.7. The maximum absolute atomic E-state index is 11.7. The van der Waals surface area contributed by atoms with E-state index in [-0.39, 0.29) is 18.3 Å². The molecule has 2 N–H and O–H groups in total. The van der Waals surface area contributed by atoms with Gasteiger partial charge in [-0.15, -0.1) is 23.7 Å². The summed E-state index contributed by atoms with van der Waals surface area (Å²) < 4.78 is 1.11. The van der Waals surface area contributed by atoms with Gasteiger partial charge in [0.2, 0.25) is 5.91 Å². The predicted octanol–water partition coefficient (Wildman–Crippen LogP) is 2.98. The number of rotatable bonds is 6. The fraction of sp³-hybridized carbons (Fsp3) is 0.615. The minimum absolute atomic E-state index is 0. The van der Waals surface area contributed by atoms with E-state index in [9.17, 15) is 4.79 Å². The fourth-order valence-electron chi connectivity index (χ4n) is 2.19. The normalized spacial score (nSPS) is 18.1. The summed E-state index contributed by atoms with van der Waals surface area (Å²) in [4.78, 5) is 12.9. The Morgan fingerprint density at radius 2 is 2.42 bits per heavy atom. The second-order valence-electron chi connectivity index (χ2n) is 4.73. The number of amides is 1. The third kappa shape index (κ3) is 6.25. The Morgan fingerprint density at radius 1 is 1.58 bits per heavy atom. The smallest absolute Gasteiger partial charge is 0.220 e. The molecular weight excluding hydrogens is 348 g/mol. The van der Waals surface area contributed by atoms with Gasteiger partial charge in [-0.3, -0.25) is 4.79 Å². The first-order valence-corrected chi connectivity index (χ1v) is 8.11. The summed E-state index contributed by atoms with van der Waals surface area (Å²) in [6, 6.07) is 2.09. The molecule has 2 rings (SSSR count). The molecule has 1 aromatic heterocycles. The fourth-order valence-corrected chi connectivity index (χ4v) is 3.64. The predicted molar refractivity (Wildman–Crippen MR) is 86.2 cm³/mol. The minimum Gasteiger partial charge on any atom is -0.356 e. The van der Waals surface area contributed by atoms with Crippen molar-refractivity contribution in [1.29, 1.82) is 0 Å². The van der Waals surface area contributed by atoms with Gasteiger partial charge >= 0.3 is 0 Å². The van der Waals surface area contributed by atoms with Crippen molar-refractivity contribution in [2.24, 2.45) is 5.92 Å². The molecule has 3 nitrogen and oxygen atoms in total. The summed E-state index contributed by atoms with van der Waals surface area (Å²) in [7, 11) is 0. The third-order valence-corrected chi connectivity index (χ3v) is 5.01. The molecule has 2 heterocycles. The zero-order valence-electron chi connectivity index (χ0n) is 10.8. The molecule has 0 radical (unpaired) electrons. The monoisotopic (exact) mass is 366 g/mol. The summed E-state index contributed by atoms with van der Waals surface area (Å²) in [5, 5.41) is 8.41. The lowest BCUT2D eigenvalue weighted by molar-refractivity contribution is -0.121. The van der Waals surface area contributed by atoms with Crippen molar-refractivity contribution in [2.45, 2.75) is 25.7 Å². The quantitative estimate of drug-likeness (QED) is 0.811. The minimum atomic E-state index is 0. The Labute approximate surface area is 133 Å². The van der Waals surface area contributed by atoms with Gasteiger partial charge in [0.15, 0.2) is 0 Å². The maximum Gasteiger partial charge on any atom is 0.220 e. The number of carbonyl (C=O) groups excluding carboxylic acids is 1. The van der Waals surface area contributed by atoms with E-state index < -0.39 is 0 Å². The summed E-state index contributed by atoms with van der Waals surface area (Å²) in [6.07, 6.45) is 3.78. The van der Waals surface area contributed by atoms with Crippen molar-refractivity contribution in [1.82, 2.24) is 10.6 Å². The van der Waals surface area contributed by atoms with Crippen LogP contribution in [0.3, 0.4) is 0 Å². The molecule has 1 aliphatic rings. The van der Waals surface area contributed by atoms with Crippen LogP contribution in [0.2, 0.25) is 0 Å². The number of hydrogen-bond donors (Lipinski definition) is 2. The lowest BCUT2D eigenvalue weighted by Gasteiger charge is -2.09. The number of hydrogen-bond acceptors (Lipinski definition) is 3. The Bertz CT molecular complexity index is 394. The van der Waals surface area contributed by atoms with Crippen LogP contribution in [0.15, 0.2) is 15.9 Å². The highest BCUT2D eigenvalue weighted by Crippen LogP contribution is 2.20. The second-order valence-corrected chi connectivity index (χ2v) is 6.64. The molecule has 19 heavy (non-hydrogen) atoms. The molecular formula is C13H20BrClN2OS. The molecule has 0 bridgehead atoms. The molecule has 6 heteroatoms. The Kier molecular flexibility index (Phi) is 7.99. The molecule has 0 spiro atoms. The van der Waals surface area contributed by atoms with Crippen molar-refractivity contribution < 1.29 is 4.79 Å². The van der Waals surface area contributed by atoms with Crippen molar-refractivity contribution in [2.75, 3.05) is 19.6 Å². The number of halogens is 2. The lowest BCUT2D eigenvalue weighted by Crippen LogP contribution is -2.26. The van der Waals surface area contributed by atoms with E-state index in [0.29, 0.717) is 6.42 Å². The van der Waals surface area contributed by atoms with Gasteiger partial charge in [-0.2, -0.15) is 0 Å². The van der Waals surface area contributed by atoms with E-state index in [1.54, 1.807) is 11.3 Å². The molecule has 0 aliphatic carbocycles. The average molecular weight is 368 g/mol. The van der Waals surface area contributed by atoms with Gasteiger partial charge in [0.25, 0.3) is 0 Å². The first-order chi connectivity index (χ1) is 8.74. The summed E-state index contributed by atoms with van der Waals surface area (Å²) >= 11 is 5.12. The molecule has 1 amide bonds. The Morgan fingerprint density at radius 3 is 3.05 bits per heavy atom. The number of carbonyl (C=O) groups is 1. The number of nitrogens with one attached hydrogen (secondary N) is 2. The van der Waals surface area contributed by atoms with Gasteiger partial charge < -0.3 is 10.6 Å². The van der Waals surface area contributed by atoms with Gasteiger partial charge in [0.1, 0.15) is 0 Å². The lowest BCUT2D eigenvalue weighted by atomic mass is 10.1. The highest BCUT2D eigenvalue weighted by molar-refractivity contribution is 9.10. The highest BCUT2D eigenvalue weighted by Gasteiger charge is 2.14. The van der Waals surface area contributed by atoms with Crippen LogP contribution in [0.25, 0.3) is 0 Å². The zero-order chi connectivity index (χ0) is 12.8. The molecule has 1 fully saturated rings. The van der Waals surface area contributed by atoms with E-state index in [1.165, 1.54) is 11.3 Å². The molecule has 0 aromatic carbocycles. The Hall–Kier alpha value is -0.100. The molecule has 108 valence electrons. The highest BCUT2D eigenvalue weighted by atomic mass is 79.9. The molecule has 1 saturated heterocycles. The molecule has 1 atom stereocenters. The van der Waals surface area contributed by atoms with Crippen LogP contribution in [-0.2, 0) is 11.2 Å². The number of thiophene rings is 1. The van der Waals surface area contributed by atoms with Crippen molar-refractivity contribution in [3.05, 3.63) is 20.8 Å². The van der Waals surface area contributed by atoms with Crippen molar-refractivity contribution >= 4 is 45.6 Å². The van der Waals surface area contributed by atoms with Crippen LogP contribution in [0.4, 0.5) is 0 Å². The standard InChI is InChI=1S/C13H19BrN2OS.ClH/c14-11-7-12(18-9-11)1-2-13(17)16-6-4-10-3-5-15-8-10;/h7,9-10,15H,1-6,8H2,(H,16,17);1H. The van der Waals surface area contributed by atoms with E-state index >= 15 is 0 Å². The van der Waals surface area contributed by atoms with Gasteiger partial charge in [-0.25, -0.2) is 0 Å². The molecule has 1 aliphatic heterocycles. The van der Waals surface area contributed by atoms with Crippen molar-refractivity contribution in [3.8, 4) is 0 Å². The molecule has 0 saturated carbocycles. The summed E-state index contributed by atoms with van der Waals surface area (Å²) in [5.41, 5.74) is 0. The summed E-state index contributed by atoms with van der Waals surface area (Å²) in [6.45, 7) is 3.06. The van der Waals surface area contributed by atoms with Gasteiger partial charge in [0, 0.05) is 27.7 Å². The van der Waals surface area contributed by atoms with Crippen LogP contribution in [0.1, 0.15) is 24.1 Å². The van der Waals surface area contributed by atoms with E-state index in [4.69, 9.17) is 0 Å². The van der Waals surface area contributed by atoms with Crippen molar-refractivity contribution in [3.63, 3.8) is 0 Å². The van der Waals surface area contributed by atoms with Crippen LogP contribution in [0.5, 0.6) is 0 Å².